The van der Waals surface area contributed by atoms with Gasteiger partial charge in [-0.15, -0.1) is 0 Å². The molecule has 1 aliphatic carbocycles. The predicted octanol–water partition coefficient (Wildman–Crippen LogP) is 0.728. The van der Waals surface area contributed by atoms with Gasteiger partial charge < -0.3 is 16.4 Å². The van der Waals surface area contributed by atoms with Crippen molar-refractivity contribution in [2.75, 3.05) is 6.54 Å². The molecule has 4 N–H and O–H groups in total. The van der Waals surface area contributed by atoms with E-state index in [1.807, 2.05) is 0 Å². The van der Waals surface area contributed by atoms with Crippen LogP contribution >= 0.6 is 0 Å². The van der Waals surface area contributed by atoms with Crippen LogP contribution in [0.1, 0.15) is 19.3 Å². The first-order valence-electron chi connectivity index (χ1n) is 4.75. The van der Waals surface area contributed by atoms with E-state index in [0.717, 1.165) is 19.3 Å². The lowest BCUT2D eigenvalue weighted by Crippen LogP contribution is -2.49. The summed E-state index contributed by atoms with van der Waals surface area (Å²) >= 11 is 0. The van der Waals surface area contributed by atoms with E-state index in [0.29, 0.717) is 0 Å². The fraction of sp³-hybridized carbons (Fsp3) is 0.875. The molecule has 4 nitrogen and oxygen atoms in total. The standard InChI is InChI=1S/C8H14F3N3O/c9-8(10,11)4-13-7(15)14-6-3-1-2-5(6)12/h5-6H,1-4,12H2,(H2,13,14,15). The SMILES string of the molecule is NC1CCCC1NC(=O)NCC(F)(F)F. The van der Waals surface area contributed by atoms with Gasteiger partial charge in [-0.25, -0.2) is 4.79 Å². The van der Waals surface area contributed by atoms with Gasteiger partial charge in [-0.3, -0.25) is 0 Å². The van der Waals surface area contributed by atoms with Crippen LogP contribution in [-0.2, 0) is 0 Å². The maximum Gasteiger partial charge on any atom is 0.405 e. The molecule has 15 heavy (non-hydrogen) atoms. The van der Waals surface area contributed by atoms with Gasteiger partial charge in [0.2, 0.25) is 0 Å². The minimum Gasteiger partial charge on any atom is -0.334 e. The molecule has 0 spiro atoms. The summed E-state index contributed by atoms with van der Waals surface area (Å²) in [5, 5.41) is 4.17. The van der Waals surface area contributed by atoms with E-state index in [2.05, 4.69) is 5.32 Å². The van der Waals surface area contributed by atoms with Crippen LogP contribution in [-0.4, -0.2) is 30.8 Å². The molecule has 1 saturated carbocycles. The molecule has 2 atom stereocenters. The lowest BCUT2D eigenvalue weighted by atomic mass is 10.2. The second-order valence-electron chi connectivity index (χ2n) is 3.64. The predicted molar refractivity (Wildman–Crippen MR) is 48.2 cm³/mol. The quantitative estimate of drug-likeness (QED) is 0.648. The summed E-state index contributed by atoms with van der Waals surface area (Å²) in [4.78, 5) is 11.0. The minimum absolute atomic E-state index is 0.151. The average molecular weight is 225 g/mol. The number of rotatable bonds is 2. The van der Waals surface area contributed by atoms with Gasteiger partial charge in [0.05, 0.1) is 0 Å². The Labute approximate surface area is 85.4 Å². The van der Waals surface area contributed by atoms with Gasteiger partial charge in [-0.05, 0) is 19.3 Å². The molecule has 1 fully saturated rings. The second kappa shape index (κ2) is 4.69. The smallest absolute Gasteiger partial charge is 0.334 e. The van der Waals surface area contributed by atoms with Crippen molar-refractivity contribution in [3.63, 3.8) is 0 Å². The number of hydrogen-bond acceptors (Lipinski definition) is 2. The minimum atomic E-state index is -4.38. The molecule has 7 heteroatoms. The summed E-state index contributed by atoms with van der Waals surface area (Å²) in [6.07, 6.45) is -1.97. The zero-order valence-electron chi connectivity index (χ0n) is 8.10. The van der Waals surface area contributed by atoms with E-state index in [1.165, 1.54) is 0 Å². The van der Waals surface area contributed by atoms with Crippen molar-refractivity contribution in [2.45, 2.75) is 37.5 Å². The Hall–Kier alpha value is -0.980. The molecule has 0 heterocycles. The highest BCUT2D eigenvalue weighted by atomic mass is 19.4. The lowest BCUT2D eigenvalue weighted by Gasteiger charge is -2.18. The molecule has 0 aromatic carbocycles. The third kappa shape index (κ3) is 4.37. The molecule has 0 radical (unpaired) electrons. The van der Waals surface area contributed by atoms with E-state index in [1.54, 1.807) is 5.32 Å². The maximum absolute atomic E-state index is 11.7. The van der Waals surface area contributed by atoms with Crippen LogP contribution in [0.4, 0.5) is 18.0 Å². The Bertz CT molecular complexity index is 232. The maximum atomic E-state index is 11.7. The zero-order valence-corrected chi connectivity index (χ0v) is 8.10. The lowest BCUT2D eigenvalue weighted by molar-refractivity contribution is -0.122. The summed E-state index contributed by atoms with van der Waals surface area (Å²) < 4.78 is 35.2. The van der Waals surface area contributed by atoms with Crippen molar-refractivity contribution in [3.8, 4) is 0 Å². The summed E-state index contributed by atoms with van der Waals surface area (Å²) in [5.41, 5.74) is 5.64. The molecule has 0 aromatic heterocycles. The van der Waals surface area contributed by atoms with E-state index in [9.17, 15) is 18.0 Å². The molecule has 1 rings (SSSR count). The van der Waals surface area contributed by atoms with Gasteiger partial charge in [-0.2, -0.15) is 13.2 Å². The fourth-order valence-electron chi connectivity index (χ4n) is 1.57. The van der Waals surface area contributed by atoms with Crippen molar-refractivity contribution < 1.29 is 18.0 Å². The zero-order chi connectivity index (χ0) is 11.5. The third-order valence-electron chi connectivity index (χ3n) is 2.34. The van der Waals surface area contributed by atoms with E-state index in [-0.39, 0.29) is 12.1 Å². The van der Waals surface area contributed by atoms with Crippen LogP contribution in [0.3, 0.4) is 0 Å². The second-order valence-corrected chi connectivity index (χ2v) is 3.64. The summed E-state index contributed by atoms with van der Waals surface area (Å²) in [6, 6.07) is -1.17. The molecule has 0 aliphatic heterocycles. The van der Waals surface area contributed by atoms with Gasteiger partial charge in [0.25, 0.3) is 0 Å². The van der Waals surface area contributed by atoms with Crippen LogP contribution in [0.25, 0.3) is 0 Å². The largest absolute Gasteiger partial charge is 0.405 e. The van der Waals surface area contributed by atoms with Crippen molar-refractivity contribution in [3.05, 3.63) is 0 Å². The molecule has 0 aromatic rings. The molecular formula is C8H14F3N3O. The van der Waals surface area contributed by atoms with Crippen molar-refractivity contribution in [2.24, 2.45) is 5.73 Å². The number of carbonyl (C=O) groups is 1. The summed E-state index contributed by atoms with van der Waals surface area (Å²) in [7, 11) is 0. The highest BCUT2D eigenvalue weighted by Crippen LogP contribution is 2.17. The first-order valence-corrected chi connectivity index (χ1v) is 4.75. The average Bonchev–Trinajstić information content (AvgIpc) is 2.47. The molecule has 88 valence electrons. The molecule has 1 aliphatic rings. The monoisotopic (exact) mass is 225 g/mol. The van der Waals surface area contributed by atoms with Gasteiger partial charge in [-0.1, -0.05) is 0 Å². The summed E-state index contributed by atoms with van der Waals surface area (Å²) in [6.45, 7) is -1.32. The normalized spacial score (nSPS) is 26.4. The number of nitrogens with two attached hydrogens (primary N) is 1. The Balaban J connectivity index is 2.24. The number of urea groups is 1. The highest BCUT2D eigenvalue weighted by Gasteiger charge is 2.29. The Morgan fingerprint density at radius 2 is 2.07 bits per heavy atom. The molecule has 0 bridgehead atoms. The molecule has 0 saturated heterocycles. The van der Waals surface area contributed by atoms with Gasteiger partial charge >= 0.3 is 12.2 Å². The molecular weight excluding hydrogens is 211 g/mol. The number of nitrogens with one attached hydrogen (secondary N) is 2. The Kier molecular flexibility index (Phi) is 3.78. The Morgan fingerprint density at radius 1 is 1.40 bits per heavy atom. The number of halogens is 3. The van der Waals surface area contributed by atoms with Gasteiger partial charge in [0.15, 0.2) is 0 Å². The Morgan fingerprint density at radius 3 is 2.53 bits per heavy atom. The fourth-order valence-corrected chi connectivity index (χ4v) is 1.57. The van der Waals surface area contributed by atoms with Crippen molar-refractivity contribution in [1.82, 2.24) is 10.6 Å². The van der Waals surface area contributed by atoms with Crippen LogP contribution < -0.4 is 16.4 Å². The summed E-state index contributed by atoms with van der Waals surface area (Å²) in [5.74, 6) is 0. The van der Waals surface area contributed by atoms with Gasteiger partial charge in [0.1, 0.15) is 6.54 Å². The van der Waals surface area contributed by atoms with Crippen LogP contribution in [0.2, 0.25) is 0 Å². The van der Waals surface area contributed by atoms with E-state index >= 15 is 0 Å². The molecule has 2 amide bonds. The van der Waals surface area contributed by atoms with Gasteiger partial charge in [0, 0.05) is 12.1 Å². The van der Waals surface area contributed by atoms with Crippen LogP contribution in [0.5, 0.6) is 0 Å². The van der Waals surface area contributed by atoms with E-state index < -0.39 is 18.8 Å². The van der Waals surface area contributed by atoms with Crippen molar-refractivity contribution >= 4 is 6.03 Å². The topological polar surface area (TPSA) is 67.1 Å². The number of amides is 2. The van der Waals surface area contributed by atoms with Crippen LogP contribution in [0.15, 0.2) is 0 Å². The first-order chi connectivity index (χ1) is 6.88. The van der Waals surface area contributed by atoms with Crippen molar-refractivity contribution in [1.29, 1.82) is 0 Å². The number of carbonyl (C=O) groups excluding carboxylic acids is 1. The first kappa shape index (κ1) is 12.1. The highest BCUT2D eigenvalue weighted by molar-refractivity contribution is 5.74. The number of alkyl halides is 3. The third-order valence-corrected chi connectivity index (χ3v) is 2.34. The van der Waals surface area contributed by atoms with Crippen LogP contribution in [0, 0.1) is 0 Å². The van der Waals surface area contributed by atoms with E-state index in [4.69, 9.17) is 5.73 Å². The molecule has 2 unspecified atom stereocenters. The number of hydrogen-bond donors (Lipinski definition) is 3.